The standard InChI is InChI=1S/C30H54FN7O2/c1-4-6-10-30(5-2)11-7-8-22(31)18-35-23(17-30)26(27(32)33)28(39)36-24-19-34-12-9-25(24)37-13-15-38(16-14-37)29(3)20-40-21-29/h18,22,24-27,34H,4-17,19-21,32-33H2,1-3H3/p+1. The number of alkyl halides is 1. The molecule has 4 heterocycles. The quantitative estimate of drug-likeness (QED) is 0.232. The van der Waals surface area contributed by atoms with Gasteiger partial charge in [0.25, 0.3) is 5.71 Å². The van der Waals surface area contributed by atoms with Crippen LogP contribution >= 0.6 is 0 Å². The second-order valence-corrected chi connectivity index (χ2v) is 13.1. The molecule has 0 spiro atoms. The summed E-state index contributed by atoms with van der Waals surface area (Å²) in [6, 6.07) is 0.193. The number of ether oxygens (including phenoxy) is 1. The highest BCUT2D eigenvalue weighted by Gasteiger charge is 2.45. The number of carbonyl (C=O) groups is 1. The van der Waals surface area contributed by atoms with Gasteiger partial charge in [0, 0.05) is 38.8 Å². The number of hydrogen-bond donors (Lipinski definition) is 4. The van der Waals surface area contributed by atoms with Gasteiger partial charge in [-0.2, -0.15) is 0 Å². The third kappa shape index (κ3) is 7.51. The molecule has 5 atom stereocenters. The fourth-order valence-corrected chi connectivity index (χ4v) is 7.30. The first-order valence-corrected chi connectivity index (χ1v) is 15.8. The smallest absolute Gasteiger partial charge is 0.302 e. The monoisotopic (exact) mass is 564 g/mol. The van der Waals surface area contributed by atoms with Crippen LogP contribution < -0.4 is 26.8 Å². The molecule has 0 aliphatic carbocycles. The minimum absolute atomic E-state index is 0.0170. The van der Waals surface area contributed by atoms with Crippen molar-refractivity contribution in [1.82, 2.24) is 25.1 Å². The minimum Gasteiger partial charge on any atom is -0.377 e. The van der Waals surface area contributed by atoms with E-state index < -0.39 is 18.3 Å². The van der Waals surface area contributed by atoms with E-state index in [1.807, 2.05) is 0 Å². The summed E-state index contributed by atoms with van der Waals surface area (Å²) in [5, 5.41) is 6.80. The normalized spacial score (nSPS) is 32.9. The summed E-state index contributed by atoms with van der Waals surface area (Å²) in [5.41, 5.74) is 13.4. The van der Waals surface area contributed by atoms with Crippen molar-refractivity contribution in [2.75, 3.05) is 52.5 Å². The Bertz CT molecular complexity index is 898. The molecule has 0 aromatic carbocycles. The van der Waals surface area contributed by atoms with Crippen LogP contribution in [-0.2, 0) is 9.53 Å². The Labute approximate surface area is 240 Å². The molecule has 3 fully saturated rings. The predicted molar refractivity (Wildman–Crippen MR) is 160 cm³/mol. The molecule has 0 aromatic rings. The molecule has 4 aliphatic rings. The van der Waals surface area contributed by atoms with Crippen LogP contribution in [0.25, 0.3) is 0 Å². The summed E-state index contributed by atoms with van der Waals surface area (Å²) in [4.78, 5) is 19.0. The predicted octanol–water partition coefficient (Wildman–Crippen LogP) is 1.18. The van der Waals surface area contributed by atoms with Crippen molar-refractivity contribution in [3.63, 3.8) is 0 Å². The van der Waals surface area contributed by atoms with Gasteiger partial charge in [-0.3, -0.25) is 14.6 Å². The average Bonchev–Trinajstić information content (AvgIpc) is 3.00. The lowest BCUT2D eigenvalue weighted by Gasteiger charge is -2.52. The Kier molecular flexibility index (Phi) is 11.2. The van der Waals surface area contributed by atoms with Gasteiger partial charge >= 0.3 is 6.21 Å². The van der Waals surface area contributed by atoms with E-state index in [-0.39, 0.29) is 28.9 Å². The summed E-state index contributed by atoms with van der Waals surface area (Å²) in [5.74, 6) is -0.971. The first-order valence-electron chi connectivity index (χ1n) is 15.8. The summed E-state index contributed by atoms with van der Waals surface area (Å²) in [6.45, 7) is 13.9. The number of hydrogen-bond acceptors (Lipinski definition) is 7. The number of halogens is 1. The van der Waals surface area contributed by atoms with E-state index in [9.17, 15) is 9.18 Å². The van der Waals surface area contributed by atoms with E-state index in [1.165, 1.54) is 6.21 Å². The van der Waals surface area contributed by atoms with Gasteiger partial charge in [-0.05, 0) is 57.4 Å². The topological polar surface area (TPSA) is 123 Å². The Hall–Kier alpha value is -1.39. The van der Waals surface area contributed by atoms with Crippen LogP contribution in [0, 0.1) is 11.3 Å². The van der Waals surface area contributed by atoms with Crippen molar-refractivity contribution >= 4 is 17.8 Å². The van der Waals surface area contributed by atoms with Gasteiger partial charge in [0.2, 0.25) is 5.91 Å². The van der Waals surface area contributed by atoms with Crippen LogP contribution in [0.4, 0.5) is 4.39 Å². The highest BCUT2D eigenvalue weighted by molar-refractivity contribution is 6.05. The SMILES string of the molecule is CCCCC1(CC)CCCC(F)C=[N+]=C(C(C(=O)NC2CNCCC2N2CCN(C3(C)COC3)CC2)C(N)N)C1. The first kappa shape index (κ1) is 31.5. The second-order valence-electron chi connectivity index (χ2n) is 13.1. The van der Waals surface area contributed by atoms with Crippen LogP contribution in [0.15, 0.2) is 0 Å². The molecule has 228 valence electrons. The Morgan fingerprint density at radius 1 is 1.25 bits per heavy atom. The average molecular weight is 565 g/mol. The van der Waals surface area contributed by atoms with Crippen molar-refractivity contribution in [2.45, 2.75) is 109 Å². The maximum absolute atomic E-state index is 14.7. The largest absolute Gasteiger partial charge is 0.377 e. The molecular weight excluding hydrogens is 509 g/mol. The number of nitrogens with two attached hydrogens (primary N) is 2. The van der Waals surface area contributed by atoms with Gasteiger partial charge in [-0.1, -0.05) is 26.7 Å². The van der Waals surface area contributed by atoms with Crippen molar-refractivity contribution < 1.29 is 13.9 Å². The van der Waals surface area contributed by atoms with Crippen molar-refractivity contribution in [3.05, 3.63) is 0 Å². The number of unbranched alkanes of at least 4 members (excludes halogenated alkanes) is 1. The summed E-state index contributed by atoms with van der Waals surface area (Å²) in [7, 11) is 0. The maximum Gasteiger partial charge on any atom is 0.302 e. The molecule has 1 amide bonds. The van der Waals surface area contributed by atoms with E-state index in [2.05, 4.69) is 45.9 Å². The van der Waals surface area contributed by atoms with Gasteiger partial charge in [0.15, 0.2) is 12.1 Å². The number of piperidine rings is 1. The lowest BCUT2D eigenvalue weighted by Crippen LogP contribution is -2.68. The number of nitrogens with zero attached hydrogens (tertiary/aromatic N) is 3. The van der Waals surface area contributed by atoms with Gasteiger partial charge in [-0.25, -0.2) is 4.39 Å². The Morgan fingerprint density at radius 2 is 2.00 bits per heavy atom. The third-order valence-electron chi connectivity index (χ3n) is 10.1. The zero-order valence-electron chi connectivity index (χ0n) is 25.2. The number of carbonyl (C=O) groups excluding carboxylic acids is 1. The molecule has 4 rings (SSSR count). The molecule has 9 nitrogen and oxygen atoms in total. The molecule has 6 N–H and O–H groups in total. The fraction of sp³-hybridized carbons (Fsp3) is 0.900. The van der Waals surface area contributed by atoms with E-state index >= 15 is 0 Å². The lowest BCUT2D eigenvalue weighted by molar-refractivity contribution is -0.142. The highest BCUT2D eigenvalue weighted by atomic mass is 19.1. The maximum atomic E-state index is 14.7. The van der Waals surface area contributed by atoms with Crippen LogP contribution in [0.3, 0.4) is 0 Å². The molecular formula is C30H55FN7O2+. The van der Waals surface area contributed by atoms with Crippen LogP contribution in [0.1, 0.15) is 78.6 Å². The molecule has 40 heavy (non-hydrogen) atoms. The second kappa shape index (κ2) is 14.2. The summed E-state index contributed by atoms with van der Waals surface area (Å²) < 4.78 is 24.8. The van der Waals surface area contributed by atoms with E-state index in [1.54, 1.807) is 0 Å². The number of rotatable bonds is 10. The molecule has 0 bridgehead atoms. The zero-order chi connectivity index (χ0) is 28.8. The Balaban J connectivity index is 1.49. The van der Waals surface area contributed by atoms with Crippen LogP contribution in [0.5, 0.6) is 0 Å². The van der Waals surface area contributed by atoms with Crippen molar-refractivity contribution in [2.24, 2.45) is 22.8 Å². The minimum atomic E-state index is -1.12. The molecule has 0 saturated carbocycles. The molecule has 0 aromatic heterocycles. The zero-order valence-corrected chi connectivity index (χ0v) is 25.2. The van der Waals surface area contributed by atoms with Crippen LogP contribution in [0.2, 0.25) is 0 Å². The van der Waals surface area contributed by atoms with E-state index in [0.717, 1.165) is 90.9 Å². The molecule has 4 aliphatic heterocycles. The third-order valence-corrected chi connectivity index (χ3v) is 10.1. The van der Waals surface area contributed by atoms with Crippen molar-refractivity contribution in [1.29, 1.82) is 0 Å². The van der Waals surface area contributed by atoms with Gasteiger partial charge in [-0.15, -0.1) is 4.67 Å². The van der Waals surface area contributed by atoms with Gasteiger partial charge < -0.3 is 26.8 Å². The molecule has 3 saturated heterocycles. The fourth-order valence-electron chi connectivity index (χ4n) is 7.30. The molecule has 0 radical (unpaired) electrons. The number of piperazine rings is 1. The summed E-state index contributed by atoms with van der Waals surface area (Å²) >= 11 is 0. The van der Waals surface area contributed by atoms with Crippen LogP contribution in [-0.4, -0.2) is 110 Å². The van der Waals surface area contributed by atoms with E-state index in [4.69, 9.17) is 16.2 Å². The number of nitrogens with one attached hydrogen (secondary N) is 2. The summed E-state index contributed by atoms with van der Waals surface area (Å²) in [6.07, 6.45) is 7.36. The van der Waals surface area contributed by atoms with E-state index in [0.29, 0.717) is 25.1 Å². The highest BCUT2D eigenvalue weighted by Crippen LogP contribution is 2.40. The van der Waals surface area contributed by atoms with Crippen molar-refractivity contribution in [3.8, 4) is 0 Å². The van der Waals surface area contributed by atoms with Gasteiger partial charge in [0.1, 0.15) is 0 Å². The van der Waals surface area contributed by atoms with Gasteiger partial charge in [0.05, 0.1) is 37.4 Å². The lowest BCUT2D eigenvalue weighted by atomic mass is 9.70. The Morgan fingerprint density at radius 3 is 2.62 bits per heavy atom. The molecule has 10 heteroatoms. The number of amides is 1. The first-order chi connectivity index (χ1) is 19.2. The molecule has 5 unspecified atom stereocenters.